The molecule has 0 unspecified atom stereocenters. The Kier molecular flexibility index (Phi) is 5.72. The Balaban J connectivity index is 2.07. The summed E-state index contributed by atoms with van der Waals surface area (Å²) in [6.45, 7) is 4.38. The van der Waals surface area contributed by atoms with Crippen molar-refractivity contribution in [3.05, 3.63) is 48.0 Å². The fourth-order valence-corrected chi connectivity index (χ4v) is 2.45. The lowest BCUT2D eigenvalue weighted by molar-refractivity contribution is -0.146. The Morgan fingerprint density at radius 3 is 2.50 bits per heavy atom. The van der Waals surface area contributed by atoms with Crippen molar-refractivity contribution in [2.45, 2.75) is 32.5 Å². The summed E-state index contributed by atoms with van der Waals surface area (Å²) in [6.07, 6.45) is 3.52. The molecule has 1 heterocycles. The number of carbonyl (C=O) groups is 2. The predicted molar refractivity (Wildman–Crippen MR) is 82.0 cm³/mol. The van der Waals surface area contributed by atoms with E-state index in [0.717, 1.165) is 5.56 Å². The van der Waals surface area contributed by atoms with Gasteiger partial charge in [0.05, 0.1) is 6.04 Å². The Bertz CT molecular complexity index is 541. The van der Waals surface area contributed by atoms with Gasteiger partial charge in [0.1, 0.15) is 12.7 Å². The molecule has 0 amide bonds. The summed E-state index contributed by atoms with van der Waals surface area (Å²) in [7, 11) is 0. The van der Waals surface area contributed by atoms with Crippen molar-refractivity contribution in [3.63, 3.8) is 0 Å². The van der Waals surface area contributed by atoms with Crippen molar-refractivity contribution in [2.24, 2.45) is 0 Å². The third-order valence-electron chi connectivity index (χ3n) is 3.43. The maximum atomic E-state index is 11.1. The second kappa shape index (κ2) is 7.75. The van der Waals surface area contributed by atoms with Crippen molar-refractivity contribution >= 4 is 11.9 Å². The smallest absolute Gasteiger partial charge is 0.303 e. The zero-order chi connectivity index (χ0) is 15.9. The summed E-state index contributed by atoms with van der Waals surface area (Å²) < 4.78 is 10.4. The molecule has 0 saturated carbocycles. The van der Waals surface area contributed by atoms with Gasteiger partial charge in [0.25, 0.3) is 0 Å². The van der Waals surface area contributed by atoms with Crippen LogP contribution in [0.25, 0.3) is 0 Å². The van der Waals surface area contributed by atoms with Crippen LogP contribution in [-0.4, -0.2) is 42.1 Å². The molecule has 0 saturated heterocycles. The van der Waals surface area contributed by atoms with Crippen LogP contribution in [0.5, 0.6) is 0 Å². The average molecular weight is 303 g/mol. The highest BCUT2D eigenvalue weighted by Crippen LogP contribution is 2.17. The van der Waals surface area contributed by atoms with E-state index in [0.29, 0.717) is 19.7 Å². The highest BCUT2D eigenvalue weighted by atomic mass is 16.5. The molecule has 1 aromatic rings. The molecule has 5 nitrogen and oxygen atoms in total. The standard InChI is InChI=1S/C17H21NO4/c1-13(19)21-12-16-8-9-17(22-14(2)20)11-18(16)10-15-6-4-3-5-7-15/h3-9,16-17H,10-12H2,1-2H3/t16-,17-/m1/s1. The number of carbonyl (C=O) groups excluding carboxylic acids is 2. The lowest BCUT2D eigenvalue weighted by Gasteiger charge is -2.35. The van der Waals surface area contributed by atoms with Gasteiger partial charge in [-0.1, -0.05) is 36.4 Å². The van der Waals surface area contributed by atoms with Crippen molar-refractivity contribution < 1.29 is 19.1 Å². The lowest BCUT2D eigenvalue weighted by atomic mass is 10.1. The molecule has 2 rings (SSSR count). The molecule has 0 aromatic heterocycles. The van der Waals surface area contributed by atoms with Gasteiger partial charge in [0.15, 0.2) is 0 Å². The van der Waals surface area contributed by atoms with E-state index < -0.39 is 0 Å². The van der Waals surface area contributed by atoms with Crippen LogP contribution in [0.2, 0.25) is 0 Å². The van der Waals surface area contributed by atoms with Gasteiger partial charge in [-0.15, -0.1) is 0 Å². The van der Waals surface area contributed by atoms with E-state index in [1.54, 1.807) is 0 Å². The lowest BCUT2D eigenvalue weighted by Crippen LogP contribution is -2.45. The molecule has 0 fully saturated rings. The number of benzene rings is 1. The van der Waals surface area contributed by atoms with Crippen LogP contribution < -0.4 is 0 Å². The van der Waals surface area contributed by atoms with E-state index in [4.69, 9.17) is 9.47 Å². The normalized spacial score (nSPS) is 21.4. The Morgan fingerprint density at radius 2 is 1.86 bits per heavy atom. The molecule has 1 aliphatic heterocycles. The number of nitrogens with zero attached hydrogens (tertiary/aromatic N) is 1. The molecule has 0 radical (unpaired) electrons. The van der Waals surface area contributed by atoms with Crippen LogP contribution in [0, 0.1) is 0 Å². The van der Waals surface area contributed by atoms with Crippen LogP contribution in [0.4, 0.5) is 0 Å². The summed E-state index contributed by atoms with van der Waals surface area (Å²) >= 11 is 0. The van der Waals surface area contributed by atoms with Crippen LogP contribution in [0.3, 0.4) is 0 Å². The van der Waals surface area contributed by atoms with Gasteiger partial charge in [-0.25, -0.2) is 0 Å². The highest BCUT2D eigenvalue weighted by Gasteiger charge is 2.26. The van der Waals surface area contributed by atoms with E-state index in [-0.39, 0.29) is 24.1 Å². The van der Waals surface area contributed by atoms with Crippen molar-refractivity contribution in [1.29, 1.82) is 0 Å². The van der Waals surface area contributed by atoms with Gasteiger partial charge >= 0.3 is 11.9 Å². The van der Waals surface area contributed by atoms with E-state index in [1.807, 2.05) is 42.5 Å². The fraction of sp³-hybridized carbons (Fsp3) is 0.412. The fourth-order valence-electron chi connectivity index (χ4n) is 2.45. The summed E-state index contributed by atoms with van der Waals surface area (Å²) in [4.78, 5) is 24.3. The van der Waals surface area contributed by atoms with Crippen molar-refractivity contribution in [3.8, 4) is 0 Å². The average Bonchev–Trinajstić information content (AvgIpc) is 2.47. The molecule has 0 aliphatic carbocycles. The highest BCUT2D eigenvalue weighted by molar-refractivity contribution is 5.66. The minimum Gasteiger partial charge on any atom is -0.464 e. The predicted octanol–water partition coefficient (Wildman–Crippen LogP) is 1.92. The molecular weight excluding hydrogens is 282 g/mol. The monoisotopic (exact) mass is 303 g/mol. The van der Waals surface area contributed by atoms with E-state index >= 15 is 0 Å². The van der Waals surface area contributed by atoms with E-state index in [1.165, 1.54) is 13.8 Å². The number of rotatable bonds is 5. The van der Waals surface area contributed by atoms with Gasteiger partial charge < -0.3 is 9.47 Å². The summed E-state index contributed by atoms with van der Waals surface area (Å²) in [5, 5.41) is 0. The maximum Gasteiger partial charge on any atom is 0.303 e. The van der Waals surface area contributed by atoms with E-state index in [9.17, 15) is 9.59 Å². The third-order valence-corrected chi connectivity index (χ3v) is 3.43. The summed E-state index contributed by atoms with van der Waals surface area (Å²) in [5.74, 6) is -0.595. The second-order valence-electron chi connectivity index (χ2n) is 5.32. The van der Waals surface area contributed by atoms with Gasteiger partial charge in [0, 0.05) is 26.9 Å². The van der Waals surface area contributed by atoms with Crippen molar-refractivity contribution in [2.75, 3.05) is 13.2 Å². The first kappa shape index (κ1) is 16.2. The first-order valence-electron chi connectivity index (χ1n) is 7.31. The number of esters is 2. The molecule has 2 atom stereocenters. The van der Waals surface area contributed by atoms with Crippen LogP contribution in [0.1, 0.15) is 19.4 Å². The molecule has 0 spiro atoms. The van der Waals surface area contributed by atoms with Crippen LogP contribution in [-0.2, 0) is 25.6 Å². The Morgan fingerprint density at radius 1 is 1.14 bits per heavy atom. The minimum atomic E-state index is -0.298. The molecule has 5 heteroatoms. The third kappa shape index (κ3) is 5.00. The first-order chi connectivity index (χ1) is 10.5. The Hall–Kier alpha value is -2.14. The Labute approximate surface area is 130 Å². The quantitative estimate of drug-likeness (QED) is 0.614. The summed E-state index contributed by atoms with van der Waals surface area (Å²) in [6, 6.07) is 10.0. The first-order valence-corrected chi connectivity index (χ1v) is 7.31. The van der Waals surface area contributed by atoms with E-state index in [2.05, 4.69) is 4.90 Å². The molecule has 0 N–H and O–H groups in total. The molecule has 0 bridgehead atoms. The van der Waals surface area contributed by atoms with Gasteiger partial charge in [-0.05, 0) is 11.6 Å². The number of hydrogen-bond donors (Lipinski definition) is 0. The molecular formula is C17H21NO4. The molecule has 22 heavy (non-hydrogen) atoms. The molecule has 1 aromatic carbocycles. The zero-order valence-corrected chi connectivity index (χ0v) is 12.9. The topological polar surface area (TPSA) is 55.8 Å². The van der Waals surface area contributed by atoms with Crippen LogP contribution >= 0.6 is 0 Å². The van der Waals surface area contributed by atoms with Crippen LogP contribution in [0.15, 0.2) is 42.5 Å². The maximum absolute atomic E-state index is 11.1. The number of ether oxygens (including phenoxy) is 2. The van der Waals surface area contributed by atoms with Crippen molar-refractivity contribution in [1.82, 2.24) is 4.90 Å². The van der Waals surface area contributed by atoms with Gasteiger partial charge in [-0.2, -0.15) is 0 Å². The van der Waals surface area contributed by atoms with Gasteiger partial charge in [0.2, 0.25) is 0 Å². The minimum absolute atomic E-state index is 0.0177. The summed E-state index contributed by atoms with van der Waals surface area (Å²) in [5.41, 5.74) is 1.16. The molecule has 1 aliphatic rings. The molecule has 118 valence electrons. The second-order valence-corrected chi connectivity index (χ2v) is 5.32. The zero-order valence-electron chi connectivity index (χ0n) is 12.9. The number of hydrogen-bond acceptors (Lipinski definition) is 5. The largest absolute Gasteiger partial charge is 0.464 e. The SMILES string of the molecule is CC(=O)OC[C@H]1C=C[C@@H](OC(C)=O)CN1Cc1ccccc1. The van der Waals surface area contributed by atoms with Gasteiger partial charge in [-0.3, -0.25) is 14.5 Å².